The van der Waals surface area contributed by atoms with Crippen molar-refractivity contribution in [3.8, 4) is 0 Å². The second-order valence-electron chi connectivity index (χ2n) is 10.4. The third-order valence-electron chi connectivity index (χ3n) is 6.89. The van der Waals surface area contributed by atoms with Gasteiger partial charge in [-0.15, -0.1) is 0 Å². The van der Waals surface area contributed by atoms with Crippen molar-refractivity contribution < 1.29 is 14.3 Å². The molecule has 1 atom stereocenters. The maximum atomic E-state index is 11.9. The first-order valence-electron chi connectivity index (χ1n) is 12.4. The molecule has 0 heterocycles. The van der Waals surface area contributed by atoms with Gasteiger partial charge in [0.2, 0.25) is 0 Å². The van der Waals surface area contributed by atoms with Crippen molar-refractivity contribution >= 4 is 12.0 Å². The Kier molecular flexibility index (Phi) is 8.18. The van der Waals surface area contributed by atoms with E-state index in [-0.39, 0.29) is 22.9 Å². The van der Waals surface area contributed by atoms with Crippen LogP contribution in [0.15, 0.2) is 48.5 Å². The lowest BCUT2D eigenvalue weighted by Crippen LogP contribution is -2.34. The minimum absolute atomic E-state index is 0.104. The first kappa shape index (κ1) is 25.2. The van der Waals surface area contributed by atoms with Crippen molar-refractivity contribution in [2.75, 3.05) is 13.2 Å². The van der Waals surface area contributed by atoms with Gasteiger partial charge in [-0.1, -0.05) is 83.5 Å². The summed E-state index contributed by atoms with van der Waals surface area (Å²) in [6.07, 6.45) is 8.68. The summed E-state index contributed by atoms with van der Waals surface area (Å²) in [5, 5.41) is 0. The van der Waals surface area contributed by atoms with Crippen LogP contribution >= 0.6 is 0 Å². The van der Waals surface area contributed by atoms with Gasteiger partial charge in [0, 0.05) is 6.61 Å². The molecule has 33 heavy (non-hydrogen) atoms. The van der Waals surface area contributed by atoms with Crippen molar-refractivity contribution in [2.24, 2.45) is 0 Å². The normalized spacial score (nSPS) is 17.5. The molecule has 3 heteroatoms. The van der Waals surface area contributed by atoms with Gasteiger partial charge in [-0.3, -0.25) is 0 Å². The summed E-state index contributed by atoms with van der Waals surface area (Å²) < 4.78 is 11.4. The summed E-state index contributed by atoms with van der Waals surface area (Å²) in [6, 6.07) is 14.5. The van der Waals surface area contributed by atoms with E-state index in [1.807, 2.05) is 31.2 Å². The topological polar surface area (TPSA) is 35.5 Å². The van der Waals surface area contributed by atoms with Crippen LogP contribution in [-0.2, 0) is 20.3 Å². The third kappa shape index (κ3) is 6.14. The van der Waals surface area contributed by atoms with E-state index in [4.69, 9.17) is 9.47 Å². The molecular weight excluding hydrogens is 408 g/mol. The Morgan fingerprint density at radius 3 is 2.27 bits per heavy atom. The lowest BCUT2D eigenvalue weighted by Gasteiger charge is -2.42. The number of carbonyl (C=O) groups is 1. The van der Waals surface area contributed by atoms with Crippen LogP contribution in [-0.4, -0.2) is 19.2 Å². The molecule has 0 fully saturated rings. The van der Waals surface area contributed by atoms with Crippen molar-refractivity contribution in [1.82, 2.24) is 0 Å². The number of benzene rings is 2. The van der Waals surface area contributed by atoms with Crippen LogP contribution in [0, 0.1) is 0 Å². The molecule has 178 valence electrons. The molecule has 2 aromatic carbocycles. The molecule has 1 aliphatic carbocycles. The van der Waals surface area contributed by atoms with Crippen molar-refractivity contribution in [2.45, 2.75) is 84.2 Å². The Morgan fingerprint density at radius 2 is 1.64 bits per heavy atom. The second-order valence-corrected chi connectivity index (χ2v) is 10.4. The monoisotopic (exact) mass is 448 g/mol. The summed E-state index contributed by atoms with van der Waals surface area (Å²) in [6.45, 7) is 14.5. The van der Waals surface area contributed by atoms with Crippen LogP contribution in [0.5, 0.6) is 0 Å². The molecule has 0 radical (unpaired) electrons. The molecule has 0 aliphatic heterocycles. The zero-order valence-corrected chi connectivity index (χ0v) is 21.2. The standard InChI is InChI=1S/C30H40O3/c1-7-9-20-33-27(17-12-22-10-13-23(14-11-22)28(31)32-8-2)24-15-16-25-26(21-24)30(5,6)19-18-29(25,3)4/h10-17,21,27H,7-9,18-20H2,1-6H3/b17-12+. The number of ether oxygens (including phenoxy) is 2. The molecule has 0 amide bonds. The van der Waals surface area contributed by atoms with Gasteiger partial charge in [0.15, 0.2) is 0 Å². The fourth-order valence-corrected chi connectivity index (χ4v) is 4.54. The van der Waals surface area contributed by atoms with Gasteiger partial charge in [-0.25, -0.2) is 4.79 Å². The molecule has 1 unspecified atom stereocenters. The predicted octanol–water partition coefficient (Wildman–Crippen LogP) is 7.78. The summed E-state index contributed by atoms with van der Waals surface area (Å²) in [7, 11) is 0. The highest BCUT2D eigenvalue weighted by atomic mass is 16.5. The summed E-state index contributed by atoms with van der Waals surface area (Å²) in [4.78, 5) is 11.9. The quantitative estimate of drug-likeness (QED) is 0.290. The SMILES string of the molecule is CCCCOC(/C=C/c1ccc(C(=O)OCC)cc1)c1ccc2c(c1)C(C)(C)CCC2(C)C. The number of unbranched alkanes of at least 4 members (excludes halogenated alkanes) is 1. The minimum atomic E-state index is -0.284. The van der Waals surface area contributed by atoms with Crippen molar-refractivity contribution in [1.29, 1.82) is 0 Å². The molecule has 3 rings (SSSR count). The highest BCUT2D eigenvalue weighted by molar-refractivity contribution is 5.89. The summed E-state index contributed by atoms with van der Waals surface area (Å²) in [5.41, 5.74) is 6.10. The Hall–Kier alpha value is -2.39. The first-order chi connectivity index (χ1) is 15.7. The maximum Gasteiger partial charge on any atom is 0.338 e. The Balaban J connectivity index is 1.88. The van der Waals surface area contributed by atoms with Gasteiger partial charge in [0.25, 0.3) is 0 Å². The molecular formula is C30H40O3. The van der Waals surface area contributed by atoms with Crippen LogP contribution in [0.3, 0.4) is 0 Å². The van der Waals surface area contributed by atoms with E-state index in [0.717, 1.165) is 25.0 Å². The fraction of sp³-hybridized carbons (Fsp3) is 0.500. The Morgan fingerprint density at radius 1 is 0.970 bits per heavy atom. The number of fused-ring (bicyclic) bond motifs is 1. The molecule has 0 bridgehead atoms. The lowest BCUT2D eigenvalue weighted by atomic mass is 9.63. The minimum Gasteiger partial charge on any atom is -0.462 e. The molecule has 0 aromatic heterocycles. The number of esters is 1. The molecule has 0 saturated carbocycles. The average Bonchev–Trinajstić information content (AvgIpc) is 2.79. The number of rotatable bonds is 9. The number of hydrogen-bond acceptors (Lipinski definition) is 3. The molecule has 0 saturated heterocycles. The van der Waals surface area contributed by atoms with E-state index in [1.165, 1.54) is 29.5 Å². The predicted molar refractivity (Wildman–Crippen MR) is 137 cm³/mol. The van der Waals surface area contributed by atoms with E-state index >= 15 is 0 Å². The summed E-state index contributed by atoms with van der Waals surface area (Å²) in [5.74, 6) is -0.284. The van der Waals surface area contributed by atoms with Gasteiger partial charge < -0.3 is 9.47 Å². The van der Waals surface area contributed by atoms with E-state index in [2.05, 4.69) is 65.0 Å². The van der Waals surface area contributed by atoms with Crippen molar-refractivity contribution in [3.05, 3.63) is 76.4 Å². The van der Waals surface area contributed by atoms with Crippen molar-refractivity contribution in [3.63, 3.8) is 0 Å². The van der Waals surface area contributed by atoms with Crippen LogP contribution in [0.4, 0.5) is 0 Å². The molecule has 2 aromatic rings. The van der Waals surface area contributed by atoms with Gasteiger partial charge in [-0.05, 0) is 71.4 Å². The van der Waals surface area contributed by atoms with Gasteiger partial charge in [-0.2, -0.15) is 0 Å². The Bertz CT molecular complexity index is 967. The van der Waals surface area contributed by atoms with Gasteiger partial charge in [0.1, 0.15) is 6.10 Å². The smallest absolute Gasteiger partial charge is 0.338 e. The molecule has 0 spiro atoms. The fourth-order valence-electron chi connectivity index (χ4n) is 4.54. The van der Waals surface area contributed by atoms with Crippen LogP contribution in [0.2, 0.25) is 0 Å². The maximum absolute atomic E-state index is 11.9. The first-order valence-corrected chi connectivity index (χ1v) is 12.4. The zero-order valence-electron chi connectivity index (χ0n) is 21.2. The average molecular weight is 449 g/mol. The molecule has 3 nitrogen and oxygen atoms in total. The lowest BCUT2D eigenvalue weighted by molar-refractivity contribution is 0.0526. The largest absolute Gasteiger partial charge is 0.462 e. The van der Waals surface area contributed by atoms with Crippen LogP contribution in [0.25, 0.3) is 6.08 Å². The Labute approximate surface area is 200 Å². The zero-order chi connectivity index (χ0) is 24.1. The molecule has 1 aliphatic rings. The highest BCUT2D eigenvalue weighted by Crippen LogP contribution is 2.46. The van der Waals surface area contributed by atoms with E-state index < -0.39 is 0 Å². The van der Waals surface area contributed by atoms with E-state index in [1.54, 1.807) is 0 Å². The van der Waals surface area contributed by atoms with Crippen LogP contribution in [0.1, 0.15) is 106 Å². The number of hydrogen-bond donors (Lipinski definition) is 0. The van der Waals surface area contributed by atoms with E-state index in [9.17, 15) is 4.79 Å². The highest BCUT2D eigenvalue weighted by Gasteiger charge is 2.37. The summed E-state index contributed by atoms with van der Waals surface area (Å²) >= 11 is 0. The molecule has 0 N–H and O–H groups in total. The second kappa shape index (κ2) is 10.7. The van der Waals surface area contributed by atoms with Gasteiger partial charge in [0.05, 0.1) is 12.2 Å². The van der Waals surface area contributed by atoms with Crippen LogP contribution < -0.4 is 0 Å². The van der Waals surface area contributed by atoms with Gasteiger partial charge >= 0.3 is 5.97 Å². The third-order valence-corrected chi connectivity index (χ3v) is 6.89. The number of carbonyl (C=O) groups excluding carboxylic acids is 1. The van der Waals surface area contributed by atoms with E-state index in [0.29, 0.717) is 12.2 Å².